The summed E-state index contributed by atoms with van der Waals surface area (Å²) < 4.78 is 0. The smallest absolute Gasteiger partial charge is 0.253 e. The molecule has 2 amide bonds. The molecule has 1 saturated heterocycles. The Hall–Kier alpha value is -1.49. The van der Waals surface area contributed by atoms with Crippen molar-refractivity contribution in [2.75, 3.05) is 24.6 Å². The van der Waals surface area contributed by atoms with E-state index in [1.165, 1.54) is 0 Å². The zero-order valence-electron chi connectivity index (χ0n) is 9.39. The fourth-order valence-corrected chi connectivity index (χ4v) is 2.66. The highest BCUT2D eigenvalue weighted by molar-refractivity contribution is 7.99. The molecule has 2 rings (SSSR count). The van der Waals surface area contributed by atoms with Crippen molar-refractivity contribution in [3.63, 3.8) is 0 Å². The third kappa shape index (κ3) is 2.79. The largest absolute Gasteiger partial charge is 0.366 e. The lowest BCUT2D eigenvalue weighted by Gasteiger charge is -2.26. The average molecular weight is 250 g/mol. The van der Waals surface area contributed by atoms with E-state index in [4.69, 9.17) is 5.73 Å². The number of primary amides is 1. The highest BCUT2D eigenvalue weighted by Gasteiger charge is 2.18. The van der Waals surface area contributed by atoms with E-state index in [2.05, 4.69) is 0 Å². The van der Waals surface area contributed by atoms with Crippen LogP contribution in [0, 0.1) is 0 Å². The number of hydrogen-bond donors (Lipinski definition) is 1. The first-order valence-electron chi connectivity index (χ1n) is 5.45. The molecule has 1 aromatic carbocycles. The van der Waals surface area contributed by atoms with Gasteiger partial charge in [-0.25, -0.2) is 0 Å². The zero-order valence-corrected chi connectivity index (χ0v) is 10.2. The number of carbonyl (C=O) groups is 2. The molecule has 0 radical (unpaired) electrons. The van der Waals surface area contributed by atoms with Crippen molar-refractivity contribution < 1.29 is 9.59 Å². The average Bonchev–Trinajstić information content (AvgIpc) is 2.39. The van der Waals surface area contributed by atoms with Gasteiger partial charge in [0.25, 0.3) is 5.91 Å². The van der Waals surface area contributed by atoms with E-state index in [1.807, 2.05) is 16.7 Å². The molecule has 0 saturated carbocycles. The summed E-state index contributed by atoms with van der Waals surface area (Å²) >= 11 is 1.85. The van der Waals surface area contributed by atoms with Crippen molar-refractivity contribution >= 4 is 23.6 Å². The van der Waals surface area contributed by atoms with Crippen molar-refractivity contribution in [1.82, 2.24) is 4.90 Å². The van der Waals surface area contributed by atoms with E-state index >= 15 is 0 Å². The SMILES string of the molecule is NC(=O)c1cccc(C(=O)N2CCSCC2)c1. The summed E-state index contributed by atoms with van der Waals surface area (Å²) in [5.41, 5.74) is 6.11. The van der Waals surface area contributed by atoms with Gasteiger partial charge in [0.1, 0.15) is 0 Å². The summed E-state index contributed by atoms with van der Waals surface area (Å²) in [6.45, 7) is 1.54. The third-order valence-corrected chi connectivity index (χ3v) is 3.63. The van der Waals surface area contributed by atoms with Crippen LogP contribution < -0.4 is 5.73 Å². The standard InChI is InChI=1S/C12H14N2O2S/c13-11(15)9-2-1-3-10(8-9)12(16)14-4-6-17-7-5-14/h1-3,8H,4-7H2,(H2,13,15). The molecule has 0 atom stereocenters. The van der Waals surface area contributed by atoms with Crippen molar-refractivity contribution in [1.29, 1.82) is 0 Å². The van der Waals surface area contributed by atoms with Crippen LogP contribution in [0.15, 0.2) is 24.3 Å². The van der Waals surface area contributed by atoms with Crippen molar-refractivity contribution in [2.45, 2.75) is 0 Å². The number of amides is 2. The molecule has 0 aliphatic carbocycles. The van der Waals surface area contributed by atoms with Gasteiger partial charge < -0.3 is 10.6 Å². The molecule has 0 bridgehead atoms. The maximum absolute atomic E-state index is 12.1. The van der Waals surface area contributed by atoms with Crippen LogP contribution in [0.4, 0.5) is 0 Å². The molecule has 0 spiro atoms. The Morgan fingerprint density at radius 3 is 2.47 bits per heavy atom. The Balaban J connectivity index is 2.18. The molecule has 0 unspecified atom stereocenters. The maximum atomic E-state index is 12.1. The lowest BCUT2D eigenvalue weighted by molar-refractivity contribution is 0.0772. The molecule has 5 heteroatoms. The molecule has 1 aliphatic heterocycles. The van der Waals surface area contributed by atoms with Crippen molar-refractivity contribution in [2.24, 2.45) is 5.73 Å². The fourth-order valence-electron chi connectivity index (χ4n) is 1.75. The predicted molar refractivity (Wildman–Crippen MR) is 68.2 cm³/mol. The molecular weight excluding hydrogens is 236 g/mol. The van der Waals surface area contributed by atoms with Crippen LogP contribution in [0.2, 0.25) is 0 Å². The van der Waals surface area contributed by atoms with Crippen LogP contribution in [0.5, 0.6) is 0 Å². The summed E-state index contributed by atoms with van der Waals surface area (Å²) in [6, 6.07) is 6.58. The van der Waals surface area contributed by atoms with E-state index in [9.17, 15) is 9.59 Å². The second kappa shape index (κ2) is 5.23. The summed E-state index contributed by atoms with van der Waals surface area (Å²) in [5.74, 6) is 1.42. The highest BCUT2D eigenvalue weighted by atomic mass is 32.2. The van der Waals surface area contributed by atoms with Gasteiger partial charge in [-0.05, 0) is 18.2 Å². The van der Waals surface area contributed by atoms with Gasteiger partial charge in [-0.2, -0.15) is 11.8 Å². The van der Waals surface area contributed by atoms with E-state index in [0.29, 0.717) is 11.1 Å². The summed E-state index contributed by atoms with van der Waals surface area (Å²) in [5, 5.41) is 0. The monoisotopic (exact) mass is 250 g/mol. The normalized spacial score (nSPS) is 15.6. The Morgan fingerprint density at radius 2 is 1.82 bits per heavy atom. The topological polar surface area (TPSA) is 63.4 Å². The zero-order chi connectivity index (χ0) is 12.3. The van der Waals surface area contributed by atoms with Gasteiger partial charge >= 0.3 is 0 Å². The lowest BCUT2D eigenvalue weighted by atomic mass is 10.1. The van der Waals surface area contributed by atoms with Crippen LogP contribution in [0.25, 0.3) is 0 Å². The Kier molecular flexibility index (Phi) is 3.68. The number of carbonyl (C=O) groups excluding carboxylic acids is 2. The molecular formula is C12H14N2O2S. The third-order valence-electron chi connectivity index (χ3n) is 2.69. The number of benzene rings is 1. The lowest BCUT2D eigenvalue weighted by Crippen LogP contribution is -2.38. The van der Waals surface area contributed by atoms with Crippen LogP contribution in [0.3, 0.4) is 0 Å². The van der Waals surface area contributed by atoms with E-state index in [0.717, 1.165) is 24.6 Å². The number of rotatable bonds is 2. The summed E-state index contributed by atoms with van der Waals surface area (Å²) in [6.07, 6.45) is 0. The Morgan fingerprint density at radius 1 is 1.18 bits per heavy atom. The molecule has 17 heavy (non-hydrogen) atoms. The van der Waals surface area contributed by atoms with Crippen LogP contribution in [-0.4, -0.2) is 41.3 Å². The number of thioether (sulfide) groups is 1. The molecule has 90 valence electrons. The van der Waals surface area contributed by atoms with E-state index in [1.54, 1.807) is 24.3 Å². The second-order valence-electron chi connectivity index (χ2n) is 3.85. The van der Waals surface area contributed by atoms with Crippen molar-refractivity contribution in [3.05, 3.63) is 35.4 Å². The number of nitrogens with two attached hydrogens (primary N) is 1. The number of nitrogens with zero attached hydrogens (tertiary/aromatic N) is 1. The van der Waals surface area contributed by atoms with Crippen LogP contribution >= 0.6 is 11.8 Å². The Labute approximate surface area is 104 Å². The van der Waals surface area contributed by atoms with E-state index in [-0.39, 0.29) is 5.91 Å². The minimum Gasteiger partial charge on any atom is -0.366 e. The van der Waals surface area contributed by atoms with E-state index < -0.39 is 5.91 Å². The minimum absolute atomic E-state index is 0.0200. The second-order valence-corrected chi connectivity index (χ2v) is 5.07. The van der Waals surface area contributed by atoms with Crippen molar-refractivity contribution in [3.8, 4) is 0 Å². The van der Waals surface area contributed by atoms with Gasteiger partial charge in [0.05, 0.1) is 0 Å². The first kappa shape index (κ1) is 12.0. The molecule has 1 aliphatic rings. The Bertz CT molecular complexity index is 442. The minimum atomic E-state index is -0.506. The number of hydrogen-bond acceptors (Lipinski definition) is 3. The predicted octanol–water partition coefficient (Wildman–Crippen LogP) is 0.975. The fraction of sp³-hybridized carbons (Fsp3) is 0.333. The van der Waals surface area contributed by atoms with Gasteiger partial charge in [0.15, 0.2) is 0 Å². The quantitative estimate of drug-likeness (QED) is 0.851. The van der Waals surface area contributed by atoms with Gasteiger partial charge in [0.2, 0.25) is 5.91 Å². The summed E-state index contributed by atoms with van der Waals surface area (Å²) in [7, 11) is 0. The van der Waals surface area contributed by atoms with Gasteiger partial charge in [-0.1, -0.05) is 6.07 Å². The first-order chi connectivity index (χ1) is 8.18. The first-order valence-corrected chi connectivity index (χ1v) is 6.61. The molecule has 4 nitrogen and oxygen atoms in total. The van der Waals surface area contributed by atoms with Gasteiger partial charge in [-0.3, -0.25) is 9.59 Å². The molecule has 1 fully saturated rings. The molecule has 1 aromatic rings. The molecule has 0 aromatic heterocycles. The highest BCUT2D eigenvalue weighted by Crippen LogP contribution is 2.14. The van der Waals surface area contributed by atoms with Gasteiger partial charge in [-0.15, -0.1) is 0 Å². The van der Waals surface area contributed by atoms with Crippen LogP contribution in [0.1, 0.15) is 20.7 Å². The molecule has 2 N–H and O–H groups in total. The summed E-state index contributed by atoms with van der Waals surface area (Å²) in [4.78, 5) is 25.0. The van der Waals surface area contributed by atoms with Crippen LogP contribution in [-0.2, 0) is 0 Å². The van der Waals surface area contributed by atoms with Gasteiger partial charge in [0, 0.05) is 35.7 Å². The molecule has 1 heterocycles. The maximum Gasteiger partial charge on any atom is 0.253 e.